The first-order valence-corrected chi connectivity index (χ1v) is 9.07. The van der Waals surface area contributed by atoms with E-state index in [1.54, 1.807) is 7.11 Å². The maximum atomic E-state index is 6.54. The van der Waals surface area contributed by atoms with E-state index in [1.165, 1.54) is 29.6 Å². The molecule has 2 heteroatoms. The van der Waals surface area contributed by atoms with E-state index in [0.717, 1.165) is 19.3 Å². The molecular weight excluding hydrogens is 284 g/mol. The van der Waals surface area contributed by atoms with Crippen molar-refractivity contribution in [3.05, 3.63) is 34.9 Å². The lowest BCUT2D eigenvalue weighted by atomic mass is 9.80. The zero-order valence-corrected chi connectivity index (χ0v) is 15.8. The van der Waals surface area contributed by atoms with E-state index in [0.29, 0.717) is 11.8 Å². The van der Waals surface area contributed by atoms with E-state index >= 15 is 0 Å². The molecule has 0 amide bonds. The summed E-state index contributed by atoms with van der Waals surface area (Å²) in [5.74, 6) is 0.441. The average molecular weight is 319 g/mol. The van der Waals surface area contributed by atoms with Gasteiger partial charge < -0.3 is 9.47 Å². The van der Waals surface area contributed by atoms with Crippen molar-refractivity contribution in [1.29, 1.82) is 0 Å². The summed E-state index contributed by atoms with van der Waals surface area (Å²) in [5.41, 5.74) is 4.28. The van der Waals surface area contributed by atoms with Gasteiger partial charge in [0.05, 0.1) is 6.10 Å². The average Bonchev–Trinajstić information content (AvgIpc) is 2.75. The summed E-state index contributed by atoms with van der Waals surface area (Å²) in [6, 6.07) is 0. The Morgan fingerprint density at radius 3 is 2.70 bits per heavy atom. The van der Waals surface area contributed by atoms with Gasteiger partial charge in [0.2, 0.25) is 0 Å². The van der Waals surface area contributed by atoms with E-state index in [2.05, 4.69) is 52.8 Å². The molecule has 1 aliphatic carbocycles. The van der Waals surface area contributed by atoms with Crippen LogP contribution in [0.3, 0.4) is 0 Å². The topological polar surface area (TPSA) is 18.5 Å². The number of ether oxygens (including phenoxy) is 2. The molecule has 0 spiro atoms. The fraction of sp³-hybridized carbons (Fsp3) is 0.714. The highest BCUT2D eigenvalue weighted by Gasteiger charge is 2.51. The number of allylic oxidation sites excluding steroid dienone is 4. The summed E-state index contributed by atoms with van der Waals surface area (Å²) in [7, 11) is 1.80. The largest absolute Gasteiger partial charge is 0.353 e. The van der Waals surface area contributed by atoms with Crippen LogP contribution in [0.4, 0.5) is 0 Å². The molecule has 0 N–H and O–H groups in total. The standard InChI is InChI=1S/C21H34O2/c1-15(2)12-13-21(22-6)18(5)19-11-10-16(3)8-7-9-17(4)14-20(19)23-21/h8,12,14,18-20H,7,9-11,13H2,1-6H3/b16-8+,17-14+/t18-,19-,20?,21+/m1/s1. The summed E-state index contributed by atoms with van der Waals surface area (Å²) in [6.07, 6.45) is 12.7. The number of methoxy groups -OCH3 is 1. The first-order chi connectivity index (χ1) is 10.9. The third-order valence-electron chi connectivity index (χ3n) is 5.59. The van der Waals surface area contributed by atoms with Gasteiger partial charge >= 0.3 is 0 Å². The summed E-state index contributed by atoms with van der Waals surface area (Å²) in [4.78, 5) is 0. The molecule has 1 aliphatic heterocycles. The predicted octanol–water partition coefficient (Wildman–Crippen LogP) is 5.80. The maximum Gasteiger partial charge on any atom is 0.175 e. The van der Waals surface area contributed by atoms with Crippen LogP contribution in [0.1, 0.15) is 66.7 Å². The van der Waals surface area contributed by atoms with Crippen LogP contribution in [-0.4, -0.2) is 19.0 Å². The Labute approximate surface area is 142 Å². The highest BCUT2D eigenvalue weighted by atomic mass is 16.7. The first kappa shape index (κ1) is 18.5. The second kappa shape index (κ2) is 7.81. The highest BCUT2D eigenvalue weighted by Crippen LogP contribution is 2.47. The molecule has 0 aromatic rings. The molecule has 0 radical (unpaired) electrons. The zero-order valence-electron chi connectivity index (χ0n) is 15.8. The van der Waals surface area contributed by atoms with Crippen molar-refractivity contribution in [3.63, 3.8) is 0 Å². The molecule has 0 bridgehead atoms. The second-order valence-electron chi connectivity index (χ2n) is 7.68. The quantitative estimate of drug-likeness (QED) is 0.612. The van der Waals surface area contributed by atoms with Crippen molar-refractivity contribution >= 4 is 0 Å². The van der Waals surface area contributed by atoms with Gasteiger partial charge in [-0.15, -0.1) is 0 Å². The Bertz CT molecular complexity index is 496. The van der Waals surface area contributed by atoms with Crippen molar-refractivity contribution in [3.8, 4) is 0 Å². The molecule has 23 heavy (non-hydrogen) atoms. The summed E-state index contributed by atoms with van der Waals surface area (Å²) in [5, 5.41) is 0. The van der Waals surface area contributed by atoms with E-state index < -0.39 is 5.79 Å². The van der Waals surface area contributed by atoms with Crippen LogP contribution in [0, 0.1) is 11.8 Å². The van der Waals surface area contributed by atoms with Gasteiger partial charge in [-0.25, -0.2) is 0 Å². The molecule has 0 saturated carbocycles. The summed E-state index contributed by atoms with van der Waals surface area (Å²) < 4.78 is 12.5. The van der Waals surface area contributed by atoms with E-state index in [-0.39, 0.29) is 6.10 Å². The van der Waals surface area contributed by atoms with Gasteiger partial charge in [-0.05, 0) is 59.3 Å². The van der Waals surface area contributed by atoms with Gasteiger partial charge in [0, 0.05) is 19.4 Å². The number of rotatable bonds is 3. The Balaban J connectivity index is 2.29. The van der Waals surface area contributed by atoms with Crippen molar-refractivity contribution in [2.45, 2.75) is 78.6 Å². The van der Waals surface area contributed by atoms with Crippen molar-refractivity contribution in [1.82, 2.24) is 0 Å². The highest BCUT2D eigenvalue weighted by molar-refractivity contribution is 5.13. The summed E-state index contributed by atoms with van der Waals surface area (Å²) >= 11 is 0. The van der Waals surface area contributed by atoms with Gasteiger partial charge in [-0.2, -0.15) is 0 Å². The van der Waals surface area contributed by atoms with Gasteiger partial charge in [0.25, 0.3) is 0 Å². The van der Waals surface area contributed by atoms with Crippen molar-refractivity contribution in [2.24, 2.45) is 11.8 Å². The number of hydrogen-bond donors (Lipinski definition) is 0. The molecule has 0 aromatic carbocycles. The monoisotopic (exact) mass is 318 g/mol. The second-order valence-corrected chi connectivity index (χ2v) is 7.68. The third-order valence-corrected chi connectivity index (χ3v) is 5.59. The molecule has 2 aliphatic rings. The lowest BCUT2D eigenvalue weighted by Gasteiger charge is -2.31. The molecule has 1 fully saturated rings. The van der Waals surface area contributed by atoms with Crippen LogP contribution in [0.2, 0.25) is 0 Å². The molecule has 130 valence electrons. The molecule has 1 unspecified atom stereocenters. The normalized spacial score (nSPS) is 39.7. The fourth-order valence-electron chi connectivity index (χ4n) is 3.91. The van der Waals surface area contributed by atoms with Crippen LogP contribution in [0.25, 0.3) is 0 Å². The predicted molar refractivity (Wildman–Crippen MR) is 97.3 cm³/mol. The molecule has 1 heterocycles. The summed E-state index contributed by atoms with van der Waals surface area (Å²) in [6.45, 7) is 11.1. The van der Waals surface area contributed by atoms with Crippen LogP contribution in [0.5, 0.6) is 0 Å². The lowest BCUT2D eigenvalue weighted by Crippen LogP contribution is -2.37. The minimum atomic E-state index is -0.477. The smallest absolute Gasteiger partial charge is 0.175 e. The van der Waals surface area contributed by atoms with E-state index in [4.69, 9.17) is 9.47 Å². The first-order valence-electron chi connectivity index (χ1n) is 9.07. The van der Waals surface area contributed by atoms with Crippen LogP contribution in [-0.2, 0) is 9.47 Å². The Hall–Kier alpha value is -0.860. The molecular formula is C21H34O2. The number of hydrogen-bond acceptors (Lipinski definition) is 2. The van der Waals surface area contributed by atoms with Crippen LogP contribution < -0.4 is 0 Å². The minimum absolute atomic E-state index is 0.182. The molecule has 0 aromatic heterocycles. The van der Waals surface area contributed by atoms with Crippen LogP contribution in [0.15, 0.2) is 34.9 Å². The van der Waals surface area contributed by atoms with E-state index in [1.807, 2.05) is 0 Å². The Morgan fingerprint density at radius 1 is 1.30 bits per heavy atom. The molecule has 4 atom stereocenters. The minimum Gasteiger partial charge on any atom is -0.353 e. The van der Waals surface area contributed by atoms with Crippen molar-refractivity contribution in [2.75, 3.05) is 7.11 Å². The maximum absolute atomic E-state index is 6.54. The van der Waals surface area contributed by atoms with Gasteiger partial charge in [-0.1, -0.05) is 41.9 Å². The fourth-order valence-corrected chi connectivity index (χ4v) is 3.91. The number of fused-ring (bicyclic) bond motifs is 1. The molecule has 2 rings (SSSR count). The SMILES string of the molecule is CO[C@@]1(CC=C(C)C)OC2/C=C(\C)CC/C=C(\C)CC[C@@H]2[C@H]1C. The molecule has 1 saturated heterocycles. The van der Waals surface area contributed by atoms with Gasteiger partial charge in [0.1, 0.15) is 0 Å². The molecule has 2 nitrogen and oxygen atoms in total. The van der Waals surface area contributed by atoms with Crippen molar-refractivity contribution < 1.29 is 9.47 Å². The van der Waals surface area contributed by atoms with Gasteiger partial charge in [-0.3, -0.25) is 0 Å². The van der Waals surface area contributed by atoms with Crippen LogP contribution >= 0.6 is 0 Å². The van der Waals surface area contributed by atoms with E-state index in [9.17, 15) is 0 Å². The Morgan fingerprint density at radius 2 is 2.04 bits per heavy atom. The lowest BCUT2D eigenvalue weighted by molar-refractivity contribution is -0.220. The zero-order chi connectivity index (χ0) is 17.0. The van der Waals surface area contributed by atoms with Gasteiger partial charge in [0.15, 0.2) is 5.79 Å². The third kappa shape index (κ3) is 4.36. The Kier molecular flexibility index (Phi) is 6.27.